The summed E-state index contributed by atoms with van der Waals surface area (Å²) in [5.74, 6) is -1.99. The first-order valence-electron chi connectivity index (χ1n) is 13.9. The third kappa shape index (κ3) is 7.92. The molecule has 1 fully saturated rings. The highest BCUT2D eigenvalue weighted by atomic mass is 32.2. The Balaban J connectivity index is 1.74. The predicted octanol–water partition coefficient (Wildman–Crippen LogP) is 4.28. The predicted molar refractivity (Wildman–Crippen MR) is 158 cm³/mol. The quantitative estimate of drug-likeness (QED) is 0.337. The smallest absolute Gasteiger partial charge is 0.304 e. The molecule has 42 heavy (non-hydrogen) atoms. The fraction of sp³-hybridized carbons (Fsp3) is 0.355. The summed E-state index contributed by atoms with van der Waals surface area (Å²) in [6.45, 7) is -0.705. The van der Waals surface area contributed by atoms with Crippen molar-refractivity contribution in [3.8, 4) is 0 Å². The van der Waals surface area contributed by atoms with E-state index in [1.807, 2.05) is 30.3 Å². The van der Waals surface area contributed by atoms with Crippen molar-refractivity contribution in [2.45, 2.75) is 50.7 Å². The van der Waals surface area contributed by atoms with Crippen LogP contribution >= 0.6 is 0 Å². The molecule has 1 aliphatic carbocycles. The van der Waals surface area contributed by atoms with E-state index in [0.29, 0.717) is 5.56 Å². The number of amides is 2. The fourth-order valence-electron chi connectivity index (χ4n) is 5.03. The summed E-state index contributed by atoms with van der Waals surface area (Å²) < 4.78 is 56.0. The van der Waals surface area contributed by atoms with E-state index < -0.39 is 40.3 Å². The summed E-state index contributed by atoms with van der Waals surface area (Å²) in [5, 5.41) is 3.09. The van der Waals surface area contributed by atoms with Crippen molar-refractivity contribution in [3.63, 3.8) is 0 Å². The Morgan fingerprint density at radius 1 is 0.857 bits per heavy atom. The monoisotopic (exact) mass is 598 g/mol. The first-order valence-corrected chi connectivity index (χ1v) is 15.3. The van der Waals surface area contributed by atoms with Crippen molar-refractivity contribution in [1.29, 1.82) is 0 Å². The average Bonchev–Trinajstić information content (AvgIpc) is 3.48. The Morgan fingerprint density at radius 3 is 2.00 bits per heavy atom. The molecule has 11 heteroatoms. The zero-order chi connectivity index (χ0) is 30.3. The van der Waals surface area contributed by atoms with Crippen LogP contribution < -0.4 is 9.62 Å². The van der Waals surface area contributed by atoms with Gasteiger partial charge < -0.3 is 10.2 Å². The lowest BCUT2D eigenvalue weighted by molar-refractivity contribution is -0.140. The highest BCUT2D eigenvalue weighted by Gasteiger charge is 2.35. The van der Waals surface area contributed by atoms with Crippen LogP contribution in [0.15, 0.2) is 78.9 Å². The van der Waals surface area contributed by atoms with E-state index in [-0.39, 0.29) is 30.6 Å². The summed E-state index contributed by atoms with van der Waals surface area (Å²) in [6, 6.07) is 18.6. The van der Waals surface area contributed by atoms with Crippen molar-refractivity contribution in [1.82, 2.24) is 14.5 Å². The number of benzene rings is 3. The van der Waals surface area contributed by atoms with Crippen molar-refractivity contribution < 1.29 is 26.8 Å². The van der Waals surface area contributed by atoms with Crippen molar-refractivity contribution in [3.05, 3.63) is 102 Å². The molecule has 0 heterocycles. The van der Waals surface area contributed by atoms with E-state index in [9.17, 15) is 26.8 Å². The molecule has 3 aromatic carbocycles. The molecule has 8 nitrogen and oxygen atoms in total. The molecule has 3 aromatic rings. The van der Waals surface area contributed by atoms with E-state index >= 15 is 0 Å². The van der Waals surface area contributed by atoms with E-state index in [4.69, 9.17) is 0 Å². The van der Waals surface area contributed by atoms with Crippen LogP contribution in [0, 0.1) is 11.6 Å². The van der Waals surface area contributed by atoms with Crippen molar-refractivity contribution in [2.75, 3.05) is 24.9 Å². The molecule has 1 N–H and O–H groups in total. The Bertz CT molecular complexity index is 1450. The fourth-order valence-corrected chi connectivity index (χ4v) is 6.09. The van der Waals surface area contributed by atoms with Crippen LogP contribution in [0.3, 0.4) is 0 Å². The number of nitrogens with zero attached hydrogens (tertiary/aromatic N) is 3. The lowest BCUT2D eigenvalue weighted by Crippen LogP contribution is -2.55. The maximum Gasteiger partial charge on any atom is 0.304 e. The van der Waals surface area contributed by atoms with Gasteiger partial charge in [-0.15, -0.1) is 0 Å². The van der Waals surface area contributed by atoms with Crippen LogP contribution in [0.4, 0.5) is 14.5 Å². The molecule has 0 aromatic heterocycles. The SMILES string of the molecule is CN(C)S(=O)(=O)N(CC(=O)N(Cc1ccc(F)cc1)[C@H](Cc1ccccc1)C(=O)NC1CCCC1)c1ccc(F)cc1. The first kappa shape index (κ1) is 31.1. The average molecular weight is 599 g/mol. The maximum absolute atomic E-state index is 14.2. The molecule has 1 saturated carbocycles. The molecule has 1 aliphatic rings. The molecular weight excluding hydrogens is 562 g/mol. The van der Waals surface area contributed by atoms with Crippen LogP contribution in [0.1, 0.15) is 36.8 Å². The lowest BCUT2D eigenvalue weighted by Gasteiger charge is -2.35. The third-order valence-electron chi connectivity index (χ3n) is 7.37. The van der Waals surface area contributed by atoms with E-state index in [1.165, 1.54) is 55.4 Å². The Morgan fingerprint density at radius 2 is 1.43 bits per heavy atom. The standard InChI is InChI=1S/C31H36F2N4O4S/c1-35(2)42(40,41)37(28-18-16-26(33)17-19-28)22-30(38)36(21-24-12-14-25(32)15-13-24)29(20-23-8-4-3-5-9-23)31(39)34-27-10-6-7-11-27/h3-5,8-9,12-19,27,29H,6-7,10-11,20-22H2,1-2H3,(H,34,39)/t29-/m1/s1. The number of carbonyl (C=O) groups is 2. The van der Waals surface area contributed by atoms with Gasteiger partial charge in [-0.3, -0.25) is 9.59 Å². The zero-order valence-electron chi connectivity index (χ0n) is 23.7. The van der Waals surface area contributed by atoms with Crippen LogP contribution in [0.25, 0.3) is 0 Å². The highest BCUT2D eigenvalue weighted by Crippen LogP contribution is 2.23. The molecule has 1 atom stereocenters. The number of carbonyl (C=O) groups excluding carboxylic acids is 2. The molecular formula is C31H36F2N4O4S. The molecule has 4 rings (SSSR count). The molecule has 0 aliphatic heterocycles. The van der Waals surface area contributed by atoms with Gasteiger partial charge in [-0.1, -0.05) is 55.3 Å². The zero-order valence-corrected chi connectivity index (χ0v) is 24.6. The number of hydrogen-bond donors (Lipinski definition) is 1. The van der Waals surface area contributed by atoms with Crippen LogP contribution in [-0.2, 0) is 32.8 Å². The summed E-state index contributed by atoms with van der Waals surface area (Å²) in [7, 11) is -1.52. The summed E-state index contributed by atoms with van der Waals surface area (Å²) in [6.07, 6.45) is 3.87. The number of hydrogen-bond acceptors (Lipinski definition) is 4. The van der Waals surface area contributed by atoms with E-state index in [2.05, 4.69) is 5.32 Å². The normalized spacial score (nSPS) is 14.5. The molecule has 0 saturated heterocycles. The number of halogens is 2. The van der Waals surface area contributed by atoms with Gasteiger partial charge in [-0.05, 0) is 60.4 Å². The van der Waals surface area contributed by atoms with Gasteiger partial charge in [0.2, 0.25) is 11.8 Å². The Hall–Kier alpha value is -3.83. The number of anilines is 1. The molecule has 0 unspecified atom stereocenters. The second-order valence-corrected chi connectivity index (χ2v) is 12.7. The van der Waals surface area contributed by atoms with E-state index in [0.717, 1.165) is 52.0 Å². The Kier molecular flexibility index (Phi) is 10.3. The molecule has 0 radical (unpaired) electrons. The van der Waals surface area contributed by atoms with Gasteiger partial charge in [0.05, 0.1) is 5.69 Å². The van der Waals surface area contributed by atoms with Gasteiger partial charge in [0.1, 0.15) is 24.2 Å². The third-order valence-corrected chi connectivity index (χ3v) is 9.19. The minimum atomic E-state index is -4.19. The summed E-state index contributed by atoms with van der Waals surface area (Å²) in [4.78, 5) is 29.4. The molecule has 0 bridgehead atoms. The first-order chi connectivity index (χ1) is 20.0. The second-order valence-electron chi connectivity index (χ2n) is 10.6. The second kappa shape index (κ2) is 13.9. The minimum Gasteiger partial charge on any atom is -0.352 e. The van der Waals surface area contributed by atoms with Crippen molar-refractivity contribution in [2.24, 2.45) is 0 Å². The van der Waals surface area contributed by atoms with E-state index in [1.54, 1.807) is 0 Å². The highest BCUT2D eigenvalue weighted by molar-refractivity contribution is 7.90. The summed E-state index contributed by atoms with van der Waals surface area (Å²) in [5.41, 5.74) is 1.48. The van der Waals surface area contributed by atoms with Gasteiger partial charge >= 0.3 is 10.2 Å². The minimum absolute atomic E-state index is 0.0108. The van der Waals surface area contributed by atoms with Gasteiger partial charge in [0.15, 0.2) is 0 Å². The summed E-state index contributed by atoms with van der Waals surface area (Å²) >= 11 is 0. The van der Waals surface area contributed by atoms with Gasteiger partial charge in [-0.25, -0.2) is 13.1 Å². The van der Waals surface area contributed by atoms with Gasteiger partial charge in [0, 0.05) is 33.1 Å². The molecule has 2 amide bonds. The Labute approximate surface area is 246 Å². The van der Waals surface area contributed by atoms with Gasteiger partial charge in [0.25, 0.3) is 0 Å². The topological polar surface area (TPSA) is 90.0 Å². The molecule has 0 spiro atoms. The number of nitrogens with one attached hydrogen (secondary N) is 1. The van der Waals surface area contributed by atoms with Crippen LogP contribution in [0.2, 0.25) is 0 Å². The van der Waals surface area contributed by atoms with Crippen molar-refractivity contribution >= 4 is 27.7 Å². The molecule has 224 valence electrons. The van der Waals surface area contributed by atoms with Crippen LogP contribution in [0.5, 0.6) is 0 Å². The maximum atomic E-state index is 14.2. The largest absolute Gasteiger partial charge is 0.352 e. The van der Waals surface area contributed by atoms with Gasteiger partial charge in [-0.2, -0.15) is 12.7 Å². The number of rotatable bonds is 12. The lowest BCUT2D eigenvalue weighted by atomic mass is 10.0. The van der Waals surface area contributed by atoms with Crippen LogP contribution in [-0.4, -0.2) is 62.2 Å².